The first-order valence-electron chi connectivity index (χ1n) is 9.62. The van der Waals surface area contributed by atoms with Gasteiger partial charge in [0.25, 0.3) is 5.56 Å². The maximum Gasteiger partial charge on any atom is 0.335 e. The third-order valence-electron chi connectivity index (χ3n) is 4.97. The summed E-state index contributed by atoms with van der Waals surface area (Å²) in [7, 11) is 0. The molecule has 0 bridgehead atoms. The second-order valence-electron chi connectivity index (χ2n) is 6.86. The van der Waals surface area contributed by atoms with Gasteiger partial charge in [-0.25, -0.2) is 4.79 Å². The van der Waals surface area contributed by atoms with Crippen molar-refractivity contribution in [1.82, 2.24) is 4.57 Å². The van der Waals surface area contributed by atoms with E-state index in [0.29, 0.717) is 30.2 Å². The smallest absolute Gasteiger partial charge is 0.335 e. The summed E-state index contributed by atoms with van der Waals surface area (Å²) in [6, 6.07) is 16.1. The van der Waals surface area contributed by atoms with Crippen LogP contribution in [0.4, 0.5) is 5.69 Å². The maximum absolute atomic E-state index is 12.7. The van der Waals surface area contributed by atoms with E-state index in [1.165, 1.54) is 11.6 Å². The largest absolute Gasteiger partial charge is 0.478 e. The highest BCUT2D eigenvalue weighted by molar-refractivity contribution is 6.34. The molecule has 2 aromatic carbocycles. The average molecular weight is 445 g/mol. The average Bonchev–Trinajstić information content (AvgIpc) is 2.75. The number of nitrogens with one attached hydrogen (secondary N) is 1. The number of nitrogens with zero attached hydrogens (tertiary/aromatic N) is 1. The molecule has 0 aliphatic heterocycles. The molecule has 3 rings (SSSR count). The fraction of sp³-hybridized carbons (Fsp3) is 0.217. The lowest BCUT2D eigenvalue weighted by Crippen LogP contribution is -2.26. The number of rotatable bonds is 8. The number of para-hydroxylation sites is 1. The Kier molecular flexibility index (Phi) is 7.19. The van der Waals surface area contributed by atoms with E-state index in [1.54, 1.807) is 28.8 Å². The Morgan fingerprint density at radius 3 is 2.43 bits per heavy atom. The molecule has 3 aromatic rings. The molecule has 0 saturated heterocycles. The van der Waals surface area contributed by atoms with E-state index < -0.39 is 5.97 Å². The van der Waals surface area contributed by atoms with Gasteiger partial charge in [0.2, 0.25) is 0 Å². The third kappa shape index (κ3) is 5.04. The van der Waals surface area contributed by atoms with Crippen LogP contribution in [-0.4, -0.2) is 15.6 Å². The van der Waals surface area contributed by atoms with Gasteiger partial charge in [0.05, 0.1) is 22.8 Å². The summed E-state index contributed by atoms with van der Waals surface area (Å²) in [5, 5.41) is 12.9. The zero-order chi connectivity index (χ0) is 21.7. The molecule has 1 aromatic heterocycles. The van der Waals surface area contributed by atoms with Gasteiger partial charge in [-0.2, -0.15) is 0 Å². The quantitative estimate of drug-likeness (QED) is 0.496. The summed E-state index contributed by atoms with van der Waals surface area (Å²) in [4.78, 5) is 23.7. The molecule has 0 aliphatic rings. The number of hydrogen-bond acceptors (Lipinski definition) is 3. The first kappa shape index (κ1) is 21.9. The highest BCUT2D eigenvalue weighted by atomic mass is 35.5. The van der Waals surface area contributed by atoms with Gasteiger partial charge in [-0.1, -0.05) is 60.5 Å². The molecular weight excluding hydrogens is 423 g/mol. The molecule has 156 valence electrons. The number of aromatic nitrogens is 1. The molecule has 0 saturated carbocycles. The first-order valence-corrected chi connectivity index (χ1v) is 10.4. The zero-order valence-electron chi connectivity index (χ0n) is 16.5. The Bertz CT molecular complexity index is 1110. The number of hydrogen-bond donors (Lipinski definition) is 2. The van der Waals surface area contributed by atoms with Crippen molar-refractivity contribution in [2.75, 3.05) is 5.32 Å². The zero-order valence-corrected chi connectivity index (χ0v) is 18.0. The number of carboxylic acid groups (broad SMARTS) is 1. The summed E-state index contributed by atoms with van der Waals surface area (Å²) in [6.45, 7) is 2.83. The van der Waals surface area contributed by atoms with Gasteiger partial charge in [-0.15, -0.1) is 0 Å². The second-order valence-corrected chi connectivity index (χ2v) is 7.67. The van der Waals surface area contributed by atoms with Crippen LogP contribution in [0.15, 0.2) is 59.4 Å². The lowest BCUT2D eigenvalue weighted by Gasteiger charge is -2.17. The van der Waals surface area contributed by atoms with Crippen molar-refractivity contribution < 1.29 is 9.90 Å². The van der Waals surface area contributed by atoms with E-state index in [4.69, 9.17) is 28.3 Å². The maximum atomic E-state index is 12.7. The molecule has 0 fully saturated rings. The Hall–Kier alpha value is -2.76. The molecular formula is C23H22Cl2N2O3. The molecule has 0 atom stereocenters. The molecule has 0 spiro atoms. The minimum atomic E-state index is -0.972. The monoisotopic (exact) mass is 444 g/mol. The van der Waals surface area contributed by atoms with Crippen molar-refractivity contribution in [2.24, 2.45) is 0 Å². The van der Waals surface area contributed by atoms with E-state index in [9.17, 15) is 9.59 Å². The number of aromatic carboxylic acids is 1. The SMILES string of the molecule is CCc1ccccc1NCc1c(Cl)cc(Cl)c(=O)n1CCc1ccc(C(=O)O)cc1. The Labute approximate surface area is 184 Å². The number of carboxylic acids is 1. The van der Waals surface area contributed by atoms with Gasteiger partial charge in [-0.3, -0.25) is 4.79 Å². The summed E-state index contributed by atoms with van der Waals surface area (Å²) in [6.07, 6.45) is 1.42. The van der Waals surface area contributed by atoms with Crippen molar-refractivity contribution in [1.29, 1.82) is 0 Å². The fourth-order valence-electron chi connectivity index (χ4n) is 3.29. The minimum Gasteiger partial charge on any atom is -0.478 e. The molecule has 2 N–H and O–H groups in total. The highest BCUT2D eigenvalue weighted by Gasteiger charge is 2.14. The standard InChI is InChI=1S/C23H22Cl2N2O3/c1-2-16-5-3-4-6-20(16)26-14-21-18(24)13-19(25)22(28)27(21)12-11-15-7-9-17(10-8-15)23(29)30/h3-10,13,26H,2,11-12,14H2,1H3,(H,29,30). The molecule has 0 unspecified atom stereocenters. The van der Waals surface area contributed by atoms with Crippen LogP contribution in [0.25, 0.3) is 0 Å². The van der Waals surface area contributed by atoms with Gasteiger partial charge in [0.15, 0.2) is 0 Å². The lowest BCUT2D eigenvalue weighted by molar-refractivity contribution is 0.0697. The van der Waals surface area contributed by atoms with Gasteiger partial charge in [0, 0.05) is 12.2 Å². The first-order chi connectivity index (χ1) is 14.4. The van der Waals surface area contributed by atoms with Crippen LogP contribution in [0, 0.1) is 0 Å². The Balaban J connectivity index is 1.84. The van der Waals surface area contributed by atoms with Crippen molar-refractivity contribution in [3.63, 3.8) is 0 Å². The summed E-state index contributed by atoms with van der Waals surface area (Å²) in [5.41, 5.74) is 3.66. The Morgan fingerprint density at radius 1 is 1.07 bits per heavy atom. The minimum absolute atomic E-state index is 0.0685. The summed E-state index contributed by atoms with van der Waals surface area (Å²) in [5.74, 6) is -0.972. The molecule has 5 nitrogen and oxygen atoms in total. The van der Waals surface area contributed by atoms with Crippen LogP contribution in [0.1, 0.15) is 34.1 Å². The molecule has 7 heteroatoms. The van der Waals surface area contributed by atoms with E-state index in [0.717, 1.165) is 17.7 Å². The van der Waals surface area contributed by atoms with Crippen LogP contribution < -0.4 is 10.9 Å². The Morgan fingerprint density at radius 2 is 1.77 bits per heavy atom. The van der Waals surface area contributed by atoms with Crippen LogP contribution in [0.3, 0.4) is 0 Å². The van der Waals surface area contributed by atoms with E-state index >= 15 is 0 Å². The van der Waals surface area contributed by atoms with Crippen molar-refractivity contribution >= 4 is 34.9 Å². The van der Waals surface area contributed by atoms with Crippen LogP contribution in [0.2, 0.25) is 10.0 Å². The van der Waals surface area contributed by atoms with Crippen molar-refractivity contribution in [3.05, 3.63) is 97.4 Å². The van der Waals surface area contributed by atoms with E-state index in [-0.39, 0.29) is 16.1 Å². The summed E-state index contributed by atoms with van der Waals surface area (Å²) < 4.78 is 1.58. The molecule has 0 radical (unpaired) electrons. The predicted molar refractivity (Wildman–Crippen MR) is 121 cm³/mol. The van der Waals surface area contributed by atoms with Gasteiger partial charge in [0.1, 0.15) is 5.02 Å². The van der Waals surface area contributed by atoms with Gasteiger partial charge in [-0.05, 0) is 48.2 Å². The van der Waals surface area contributed by atoms with Crippen molar-refractivity contribution in [3.8, 4) is 0 Å². The van der Waals surface area contributed by atoms with Crippen LogP contribution in [0.5, 0.6) is 0 Å². The normalized spacial score (nSPS) is 10.8. The van der Waals surface area contributed by atoms with E-state index in [1.807, 2.05) is 18.2 Å². The number of aryl methyl sites for hydroxylation is 2. The topological polar surface area (TPSA) is 71.3 Å². The summed E-state index contributed by atoms with van der Waals surface area (Å²) >= 11 is 12.5. The molecule has 1 heterocycles. The van der Waals surface area contributed by atoms with Gasteiger partial charge < -0.3 is 15.0 Å². The van der Waals surface area contributed by atoms with Gasteiger partial charge >= 0.3 is 5.97 Å². The number of pyridine rings is 1. The molecule has 30 heavy (non-hydrogen) atoms. The lowest BCUT2D eigenvalue weighted by atomic mass is 10.1. The number of anilines is 1. The number of halogens is 2. The molecule has 0 aliphatic carbocycles. The van der Waals surface area contributed by atoms with Crippen LogP contribution in [-0.2, 0) is 25.9 Å². The van der Waals surface area contributed by atoms with E-state index in [2.05, 4.69) is 18.3 Å². The number of carbonyl (C=O) groups is 1. The van der Waals surface area contributed by atoms with Crippen LogP contribution >= 0.6 is 23.2 Å². The second kappa shape index (κ2) is 9.83. The third-order valence-corrected chi connectivity index (χ3v) is 5.57. The number of benzene rings is 2. The predicted octanol–water partition coefficient (Wildman–Crippen LogP) is 5.27. The van der Waals surface area contributed by atoms with Crippen molar-refractivity contribution in [2.45, 2.75) is 32.9 Å². The molecule has 0 amide bonds. The highest BCUT2D eigenvalue weighted by Crippen LogP contribution is 2.22. The fourth-order valence-corrected chi connectivity index (χ4v) is 3.83.